The average molecular weight is 401 g/mol. The molecule has 7 nitrogen and oxygen atoms in total. The van der Waals surface area contributed by atoms with Crippen molar-refractivity contribution in [3.63, 3.8) is 0 Å². The number of nitrogens with zero attached hydrogens (tertiary/aromatic N) is 1. The van der Waals surface area contributed by atoms with Crippen LogP contribution in [0.1, 0.15) is 12.5 Å². The molecule has 1 aliphatic heterocycles. The zero-order chi connectivity index (χ0) is 19.2. The number of nitrogens with one attached hydrogen (secondary N) is 1. The number of hydrogen-bond acceptors (Lipinski definition) is 5. The molecule has 3 amide bonds. The van der Waals surface area contributed by atoms with Gasteiger partial charge in [0.15, 0.2) is 0 Å². The molecule has 0 saturated carbocycles. The Morgan fingerprint density at radius 2 is 1.92 bits per heavy atom. The fourth-order valence-electron chi connectivity index (χ4n) is 2.11. The summed E-state index contributed by atoms with van der Waals surface area (Å²) in [6.07, 6.45) is -4.03. The lowest BCUT2D eigenvalue weighted by Gasteiger charge is -2.21. The van der Waals surface area contributed by atoms with Crippen LogP contribution in [0, 0.1) is 0 Å². The third-order valence-electron chi connectivity index (χ3n) is 3.34. The van der Waals surface area contributed by atoms with E-state index >= 15 is 0 Å². The van der Waals surface area contributed by atoms with E-state index in [1.165, 1.54) is 6.92 Å². The first-order chi connectivity index (χ1) is 11.2. The highest BCUT2D eigenvalue weighted by Gasteiger charge is 2.50. The molecule has 25 heavy (non-hydrogen) atoms. The summed E-state index contributed by atoms with van der Waals surface area (Å²) in [5.41, 5.74) is -3.33. The van der Waals surface area contributed by atoms with Gasteiger partial charge in [0.2, 0.25) is 0 Å². The van der Waals surface area contributed by atoms with Gasteiger partial charge in [-0.05, 0) is 25.1 Å². The molecule has 1 N–H and O–H groups in total. The van der Waals surface area contributed by atoms with E-state index in [4.69, 9.17) is 11.6 Å². The van der Waals surface area contributed by atoms with Crippen LogP contribution in [0.5, 0.6) is 0 Å². The molecule has 0 aromatic heterocycles. The Hall–Kier alpha value is -1.85. The van der Waals surface area contributed by atoms with Crippen LogP contribution in [0.3, 0.4) is 0 Å². The van der Waals surface area contributed by atoms with Gasteiger partial charge in [-0.1, -0.05) is 11.6 Å². The second kappa shape index (κ2) is 6.15. The summed E-state index contributed by atoms with van der Waals surface area (Å²) in [5, 5.41) is 1.62. The maximum absolute atomic E-state index is 12.9. The van der Waals surface area contributed by atoms with Crippen molar-refractivity contribution in [3.8, 4) is 0 Å². The molecule has 1 heterocycles. The van der Waals surface area contributed by atoms with E-state index in [9.17, 15) is 31.2 Å². The van der Waals surface area contributed by atoms with Crippen LogP contribution in [0.25, 0.3) is 0 Å². The van der Waals surface area contributed by atoms with Crippen molar-refractivity contribution in [2.24, 2.45) is 0 Å². The topological polar surface area (TPSA) is 92.8 Å². The van der Waals surface area contributed by atoms with E-state index in [1.54, 1.807) is 0 Å². The zero-order valence-corrected chi connectivity index (χ0v) is 14.4. The monoisotopic (exact) mass is 400 g/mol. The average Bonchev–Trinajstić information content (AvgIpc) is 2.67. The van der Waals surface area contributed by atoms with E-state index < -0.39 is 51.0 Å². The fraction of sp³-hybridized carbons (Fsp3) is 0.385. The maximum Gasteiger partial charge on any atom is 0.417 e. The first-order valence-electron chi connectivity index (χ1n) is 6.62. The molecule has 0 spiro atoms. The van der Waals surface area contributed by atoms with Crippen LogP contribution in [0.2, 0.25) is 5.02 Å². The van der Waals surface area contributed by atoms with E-state index in [2.05, 4.69) is 9.50 Å². The van der Waals surface area contributed by atoms with Gasteiger partial charge in [0.05, 0.1) is 29.1 Å². The molecule has 2 rings (SSSR count). The summed E-state index contributed by atoms with van der Waals surface area (Å²) in [4.78, 5) is 25.0. The first kappa shape index (κ1) is 19.5. The number of hydrogen-bond donors (Lipinski definition) is 1. The third-order valence-corrected chi connectivity index (χ3v) is 4.21. The molecule has 1 aromatic rings. The largest absolute Gasteiger partial charge is 0.417 e. The highest BCUT2D eigenvalue weighted by molar-refractivity contribution is 7.85. The number of amides is 3. The first-order valence-corrected chi connectivity index (χ1v) is 8.82. The summed E-state index contributed by atoms with van der Waals surface area (Å²) in [7, 11) is -3.89. The Kier molecular flexibility index (Phi) is 4.79. The van der Waals surface area contributed by atoms with E-state index in [1.807, 2.05) is 0 Å². The number of rotatable bonds is 4. The highest BCUT2D eigenvalue weighted by Crippen LogP contribution is 2.38. The molecule has 1 aromatic carbocycles. The summed E-state index contributed by atoms with van der Waals surface area (Å²) < 4.78 is 65.5. The van der Waals surface area contributed by atoms with E-state index in [-0.39, 0.29) is 5.69 Å². The minimum Gasteiger partial charge on any atom is -0.321 e. The number of imide groups is 1. The lowest BCUT2D eigenvalue weighted by molar-refractivity contribution is -0.137. The van der Waals surface area contributed by atoms with E-state index in [0.717, 1.165) is 18.4 Å². The number of anilines is 1. The molecular weight excluding hydrogens is 389 g/mol. The molecule has 12 heteroatoms. The van der Waals surface area contributed by atoms with Gasteiger partial charge in [-0.25, -0.2) is 9.69 Å². The van der Waals surface area contributed by atoms with Gasteiger partial charge in [0, 0.05) is 0 Å². The number of alkyl halides is 3. The predicted octanol–water partition coefficient (Wildman–Crippen LogP) is 2.15. The summed E-state index contributed by atoms with van der Waals surface area (Å²) in [5.74, 6) is -0.961. The van der Waals surface area contributed by atoms with Crippen molar-refractivity contribution >= 4 is 39.3 Å². The Morgan fingerprint density at radius 1 is 1.32 bits per heavy atom. The molecule has 0 bridgehead atoms. The molecule has 1 atom stereocenters. The molecule has 1 aliphatic rings. The molecule has 0 radical (unpaired) electrons. The highest BCUT2D eigenvalue weighted by atomic mass is 35.5. The maximum atomic E-state index is 12.9. The van der Waals surface area contributed by atoms with Crippen molar-refractivity contribution in [1.29, 1.82) is 0 Å². The van der Waals surface area contributed by atoms with Gasteiger partial charge >= 0.3 is 12.2 Å². The Labute approximate surface area is 145 Å². The van der Waals surface area contributed by atoms with Crippen molar-refractivity contribution in [1.82, 2.24) is 5.32 Å². The zero-order valence-electron chi connectivity index (χ0n) is 12.8. The predicted molar refractivity (Wildman–Crippen MR) is 81.7 cm³/mol. The Bertz CT molecular complexity index is 843. The fourth-order valence-corrected chi connectivity index (χ4v) is 2.79. The van der Waals surface area contributed by atoms with Crippen molar-refractivity contribution < 1.29 is 35.4 Å². The molecule has 1 unspecified atom stereocenters. The standard InChI is InChI=1S/C13H12ClF3N2O5S/c1-12(6-24-25(2,22)23)10(20)19(11(21)18-12)7-3-4-9(14)8(5-7)13(15,16)17/h3-5H,6H2,1-2H3,(H,18,21). The summed E-state index contributed by atoms with van der Waals surface area (Å²) in [6, 6.07) is 1.52. The van der Waals surface area contributed by atoms with Crippen LogP contribution in [0.4, 0.5) is 23.7 Å². The van der Waals surface area contributed by atoms with Crippen LogP contribution in [-0.4, -0.2) is 38.8 Å². The number of urea groups is 1. The molecule has 138 valence electrons. The van der Waals surface area contributed by atoms with Crippen molar-refractivity contribution in [3.05, 3.63) is 28.8 Å². The van der Waals surface area contributed by atoms with Crippen LogP contribution in [-0.2, 0) is 25.3 Å². The quantitative estimate of drug-likeness (QED) is 0.617. The minimum absolute atomic E-state index is 0.359. The Morgan fingerprint density at radius 3 is 2.44 bits per heavy atom. The van der Waals surface area contributed by atoms with Crippen LogP contribution < -0.4 is 10.2 Å². The van der Waals surface area contributed by atoms with Gasteiger partial charge in [-0.3, -0.25) is 8.98 Å². The smallest absolute Gasteiger partial charge is 0.321 e. The van der Waals surface area contributed by atoms with Crippen molar-refractivity contribution in [2.75, 3.05) is 17.8 Å². The van der Waals surface area contributed by atoms with Gasteiger partial charge in [-0.2, -0.15) is 21.6 Å². The second-order valence-electron chi connectivity index (χ2n) is 5.53. The summed E-state index contributed by atoms with van der Waals surface area (Å²) >= 11 is 5.51. The van der Waals surface area contributed by atoms with Gasteiger partial charge in [-0.15, -0.1) is 0 Å². The second-order valence-corrected chi connectivity index (χ2v) is 7.58. The Balaban J connectivity index is 2.38. The molecule has 0 aliphatic carbocycles. The van der Waals surface area contributed by atoms with E-state index in [0.29, 0.717) is 11.0 Å². The normalized spacial score (nSPS) is 21.6. The lowest BCUT2D eigenvalue weighted by Crippen LogP contribution is -2.48. The third kappa shape index (κ3) is 4.05. The van der Waals surface area contributed by atoms with Crippen LogP contribution in [0.15, 0.2) is 18.2 Å². The molecule has 1 fully saturated rings. The van der Waals surface area contributed by atoms with Crippen LogP contribution >= 0.6 is 11.6 Å². The molecule has 1 saturated heterocycles. The van der Waals surface area contributed by atoms with Crippen molar-refractivity contribution in [2.45, 2.75) is 18.6 Å². The molecular formula is C13H12ClF3N2O5S. The number of carbonyl (C=O) groups excluding carboxylic acids is 2. The van der Waals surface area contributed by atoms with Gasteiger partial charge in [0.1, 0.15) is 5.54 Å². The minimum atomic E-state index is -4.78. The number of halogens is 4. The lowest BCUT2D eigenvalue weighted by atomic mass is 10.0. The summed E-state index contributed by atoms with van der Waals surface area (Å²) in [6.45, 7) is 0.492. The number of benzene rings is 1. The number of carbonyl (C=O) groups is 2. The van der Waals surface area contributed by atoms with Gasteiger partial charge in [0.25, 0.3) is 16.0 Å². The van der Waals surface area contributed by atoms with Gasteiger partial charge < -0.3 is 5.32 Å². The SMILES string of the molecule is CC1(COS(C)(=O)=O)NC(=O)N(c2ccc(Cl)c(C(F)(F)F)c2)C1=O.